The van der Waals surface area contributed by atoms with E-state index in [4.69, 9.17) is 5.84 Å². The van der Waals surface area contributed by atoms with Gasteiger partial charge in [0.15, 0.2) is 5.13 Å². The zero-order chi connectivity index (χ0) is 11.5. The van der Waals surface area contributed by atoms with Crippen LogP contribution in [0.15, 0.2) is 6.20 Å². The number of nitrogens with two attached hydrogens (primary N) is 1. The number of nitrogens with one attached hydrogen (secondary N) is 1. The van der Waals surface area contributed by atoms with Gasteiger partial charge in [0, 0.05) is 30.2 Å². The van der Waals surface area contributed by atoms with Gasteiger partial charge in [0.1, 0.15) is 0 Å². The van der Waals surface area contributed by atoms with Crippen LogP contribution in [0.3, 0.4) is 0 Å². The van der Waals surface area contributed by atoms with Crippen molar-refractivity contribution in [2.75, 3.05) is 12.0 Å². The molecule has 2 rings (SSSR count). The highest BCUT2D eigenvalue weighted by Crippen LogP contribution is 2.30. The van der Waals surface area contributed by atoms with Crippen molar-refractivity contribution in [1.29, 1.82) is 0 Å². The van der Waals surface area contributed by atoms with E-state index in [1.165, 1.54) is 24.3 Å². The van der Waals surface area contributed by atoms with Crippen LogP contribution in [0, 0.1) is 5.92 Å². The summed E-state index contributed by atoms with van der Waals surface area (Å²) in [5.74, 6) is 6.05. The van der Waals surface area contributed by atoms with Crippen LogP contribution in [-0.2, 0) is 6.54 Å². The number of anilines is 1. The molecular formula is C11H20N4S. The third kappa shape index (κ3) is 3.17. The number of aromatic nitrogens is 1. The summed E-state index contributed by atoms with van der Waals surface area (Å²) in [6.45, 7) is 6.74. The molecule has 0 bridgehead atoms. The Morgan fingerprint density at radius 3 is 2.88 bits per heavy atom. The third-order valence-corrected chi connectivity index (χ3v) is 3.61. The minimum absolute atomic E-state index is 0.723. The maximum Gasteiger partial charge on any atom is 0.197 e. The molecule has 16 heavy (non-hydrogen) atoms. The second-order valence-corrected chi connectivity index (χ2v) is 5.95. The molecule has 4 nitrogen and oxygen atoms in total. The lowest BCUT2D eigenvalue weighted by Gasteiger charge is -2.22. The molecule has 0 radical (unpaired) electrons. The maximum atomic E-state index is 5.33. The summed E-state index contributed by atoms with van der Waals surface area (Å²) in [5.41, 5.74) is 2.60. The first-order chi connectivity index (χ1) is 7.69. The molecule has 1 fully saturated rings. The predicted octanol–water partition coefficient (Wildman–Crippen LogP) is 2.05. The number of nitrogens with zero attached hydrogens (tertiary/aromatic N) is 2. The minimum atomic E-state index is 0.723. The summed E-state index contributed by atoms with van der Waals surface area (Å²) in [4.78, 5) is 8.06. The molecule has 0 amide bonds. The van der Waals surface area contributed by atoms with E-state index < -0.39 is 0 Å². The molecule has 1 aliphatic carbocycles. The third-order valence-electron chi connectivity index (χ3n) is 2.70. The first kappa shape index (κ1) is 11.8. The van der Waals surface area contributed by atoms with E-state index in [9.17, 15) is 0 Å². The van der Waals surface area contributed by atoms with Crippen LogP contribution in [-0.4, -0.2) is 22.5 Å². The molecule has 1 aromatic rings. The molecule has 1 heterocycles. The van der Waals surface area contributed by atoms with Crippen molar-refractivity contribution in [3.05, 3.63) is 11.1 Å². The van der Waals surface area contributed by atoms with Crippen molar-refractivity contribution in [2.24, 2.45) is 11.8 Å². The minimum Gasteiger partial charge on any atom is -0.300 e. The lowest BCUT2D eigenvalue weighted by molar-refractivity contribution is 0.228. The number of rotatable bonds is 6. The van der Waals surface area contributed by atoms with E-state index in [1.54, 1.807) is 11.3 Å². The zero-order valence-electron chi connectivity index (χ0n) is 9.94. The van der Waals surface area contributed by atoms with Gasteiger partial charge in [0.2, 0.25) is 0 Å². The Hall–Kier alpha value is -0.650. The Balaban J connectivity index is 1.93. The Labute approximate surface area is 101 Å². The summed E-state index contributed by atoms with van der Waals surface area (Å²) in [5, 5.41) is 0.801. The monoisotopic (exact) mass is 240 g/mol. The summed E-state index contributed by atoms with van der Waals surface area (Å²) < 4.78 is 0. The molecule has 90 valence electrons. The van der Waals surface area contributed by atoms with Crippen molar-refractivity contribution < 1.29 is 0 Å². The number of hydrazine groups is 1. The molecule has 0 spiro atoms. The van der Waals surface area contributed by atoms with Gasteiger partial charge in [-0.15, -0.1) is 0 Å². The van der Waals surface area contributed by atoms with Crippen LogP contribution in [0.5, 0.6) is 0 Å². The summed E-state index contributed by atoms with van der Waals surface area (Å²) in [6, 6.07) is 0.804. The highest BCUT2D eigenvalue weighted by atomic mass is 32.1. The van der Waals surface area contributed by atoms with Crippen LogP contribution in [0.25, 0.3) is 0 Å². The first-order valence-electron chi connectivity index (χ1n) is 5.84. The number of hydrogen-bond donors (Lipinski definition) is 2. The second-order valence-electron chi connectivity index (χ2n) is 4.83. The number of thiazole rings is 1. The lowest BCUT2D eigenvalue weighted by atomic mass is 10.2. The van der Waals surface area contributed by atoms with Crippen molar-refractivity contribution in [2.45, 2.75) is 39.3 Å². The Bertz CT molecular complexity index is 332. The zero-order valence-corrected chi connectivity index (χ0v) is 10.8. The Morgan fingerprint density at radius 2 is 2.38 bits per heavy atom. The average molecular weight is 240 g/mol. The molecule has 0 aromatic carbocycles. The highest BCUT2D eigenvalue weighted by Gasteiger charge is 2.29. The van der Waals surface area contributed by atoms with Crippen LogP contribution >= 0.6 is 11.3 Å². The van der Waals surface area contributed by atoms with Gasteiger partial charge in [-0.25, -0.2) is 10.8 Å². The standard InChI is InChI=1S/C11H20N4S/c1-8(2)6-15(9-3-4-9)7-10-5-13-11(14-12)16-10/h5,8-9H,3-4,6-7,12H2,1-2H3,(H,13,14). The fraction of sp³-hybridized carbons (Fsp3) is 0.727. The van der Waals surface area contributed by atoms with Gasteiger partial charge < -0.3 is 0 Å². The van der Waals surface area contributed by atoms with Gasteiger partial charge >= 0.3 is 0 Å². The quantitative estimate of drug-likeness (QED) is 0.590. The summed E-state index contributed by atoms with van der Waals surface area (Å²) >= 11 is 1.64. The van der Waals surface area contributed by atoms with E-state index in [1.807, 2.05) is 6.20 Å². The summed E-state index contributed by atoms with van der Waals surface area (Å²) in [7, 11) is 0. The van der Waals surface area contributed by atoms with Gasteiger partial charge in [0.25, 0.3) is 0 Å². The molecule has 1 aromatic heterocycles. The van der Waals surface area contributed by atoms with E-state index in [-0.39, 0.29) is 0 Å². The van der Waals surface area contributed by atoms with Gasteiger partial charge in [-0.1, -0.05) is 25.2 Å². The van der Waals surface area contributed by atoms with Gasteiger partial charge in [-0.3, -0.25) is 10.3 Å². The van der Waals surface area contributed by atoms with Gasteiger partial charge in [0.05, 0.1) is 0 Å². The number of nitrogen functional groups attached to an aromatic ring is 1. The van der Waals surface area contributed by atoms with Crippen molar-refractivity contribution in [3.8, 4) is 0 Å². The van der Waals surface area contributed by atoms with Crippen LogP contribution in [0.4, 0.5) is 5.13 Å². The maximum absolute atomic E-state index is 5.33. The molecule has 0 saturated heterocycles. The summed E-state index contributed by atoms with van der Waals surface area (Å²) in [6.07, 6.45) is 4.64. The molecule has 5 heteroatoms. The van der Waals surface area contributed by atoms with Crippen LogP contribution < -0.4 is 11.3 Å². The molecule has 0 unspecified atom stereocenters. The fourth-order valence-electron chi connectivity index (χ4n) is 1.90. The van der Waals surface area contributed by atoms with E-state index in [0.29, 0.717) is 0 Å². The normalized spacial score (nSPS) is 16.1. The Kier molecular flexibility index (Phi) is 3.78. The smallest absolute Gasteiger partial charge is 0.197 e. The molecule has 0 aliphatic heterocycles. The van der Waals surface area contributed by atoms with E-state index >= 15 is 0 Å². The molecule has 1 saturated carbocycles. The first-order valence-corrected chi connectivity index (χ1v) is 6.66. The van der Waals surface area contributed by atoms with Crippen LogP contribution in [0.2, 0.25) is 0 Å². The van der Waals surface area contributed by atoms with Crippen molar-refractivity contribution in [1.82, 2.24) is 9.88 Å². The highest BCUT2D eigenvalue weighted by molar-refractivity contribution is 7.15. The molecule has 1 aliphatic rings. The van der Waals surface area contributed by atoms with Crippen LogP contribution in [0.1, 0.15) is 31.6 Å². The van der Waals surface area contributed by atoms with Gasteiger partial charge in [-0.05, 0) is 18.8 Å². The molecular weight excluding hydrogens is 220 g/mol. The van der Waals surface area contributed by atoms with Crippen molar-refractivity contribution in [3.63, 3.8) is 0 Å². The average Bonchev–Trinajstić information content (AvgIpc) is 2.98. The second kappa shape index (κ2) is 5.12. The number of hydrogen-bond acceptors (Lipinski definition) is 5. The fourth-order valence-corrected chi connectivity index (χ4v) is 2.65. The lowest BCUT2D eigenvalue weighted by Crippen LogP contribution is -2.29. The predicted molar refractivity (Wildman–Crippen MR) is 68.2 cm³/mol. The van der Waals surface area contributed by atoms with Crippen molar-refractivity contribution >= 4 is 16.5 Å². The molecule has 0 atom stereocenters. The SMILES string of the molecule is CC(C)CN(Cc1cnc(NN)s1)C1CC1. The van der Waals surface area contributed by atoms with Gasteiger partial charge in [-0.2, -0.15) is 0 Å². The van der Waals surface area contributed by atoms with E-state index in [0.717, 1.165) is 23.6 Å². The van der Waals surface area contributed by atoms with E-state index in [2.05, 4.69) is 29.2 Å². The molecule has 3 N–H and O–H groups in total. The Morgan fingerprint density at radius 1 is 1.62 bits per heavy atom. The largest absolute Gasteiger partial charge is 0.300 e. The topological polar surface area (TPSA) is 54.2 Å².